The van der Waals surface area contributed by atoms with E-state index in [1.807, 2.05) is 4.72 Å². The van der Waals surface area contributed by atoms with Gasteiger partial charge in [0.15, 0.2) is 0 Å². The van der Waals surface area contributed by atoms with E-state index < -0.39 is 22.0 Å². The van der Waals surface area contributed by atoms with Gasteiger partial charge in [0.2, 0.25) is 15.9 Å². The number of amides is 1. The number of nitrogens with one attached hydrogen (secondary N) is 1. The zero-order valence-electron chi connectivity index (χ0n) is 5.20. The van der Waals surface area contributed by atoms with Crippen molar-refractivity contribution in [2.24, 2.45) is 5.73 Å². The highest BCUT2D eigenvalue weighted by Crippen LogP contribution is 2.01. The molecule has 1 amide bonds. The molecular weight excluding hydrogens is 156 g/mol. The lowest BCUT2D eigenvalue weighted by molar-refractivity contribution is -0.120. The summed E-state index contributed by atoms with van der Waals surface area (Å²) in [5.74, 6) is -0.661. The largest absolute Gasteiger partial charge is 0.320 e. The zero-order chi connectivity index (χ0) is 7.78. The van der Waals surface area contributed by atoms with Crippen LogP contribution in [0.3, 0.4) is 0 Å². The predicted molar refractivity (Wildman–Crippen MR) is 34.5 cm³/mol. The van der Waals surface area contributed by atoms with Crippen molar-refractivity contribution in [1.29, 1.82) is 0 Å². The fourth-order valence-corrected chi connectivity index (χ4v) is 1.82. The molecule has 0 saturated carbocycles. The highest BCUT2D eigenvalue weighted by atomic mass is 32.2. The minimum absolute atomic E-state index is 0.0556. The fraction of sp³-hybridized carbons (Fsp3) is 0.750. The number of hydrogen-bond acceptors (Lipinski definition) is 4. The molecule has 0 bridgehead atoms. The molecule has 1 saturated heterocycles. The molecule has 0 aliphatic carbocycles. The Hall–Kier alpha value is -0.620. The summed E-state index contributed by atoms with van der Waals surface area (Å²) in [7, 11) is -3.34. The smallest absolute Gasteiger partial charge is 0.250 e. The molecule has 0 aromatic heterocycles. The van der Waals surface area contributed by atoms with Gasteiger partial charge in [-0.05, 0) is 6.42 Å². The molecule has 1 aliphatic heterocycles. The van der Waals surface area contributed by atoms with Crippen molar-refractivity contribution in [3.05, 3.63) is 0 Å². The Morgan fingerprint density at radius 1 is 1.60 bits per heavy atom. The Bertz CT molecular complexity index is 245. The molecule has 1 heterocycles. The predicted octanol–water partition coefficient (Wildman–Crippen LogP) is -1.84. The quantitative estimate of drug-likeness (QED) is 0.440. The number of carbonyl (C=O) groups is 1. The molecular formula is C4H8N2O3S. The van der Waals surface area contributed by atoms with Crippen LogP contribution in [0.25, 0.3) is 0 Å². The van der Waals surface area contributed by atoms with Crippen LogP contribution >= 0.6 is 0 Å². The van der Waals surface area contributed by atoms with Gasteiger partial charge in [0.1, 0.15) is 0 Å². The number of nitrogens with two attached hydrogens (primary N) is 1. The number of rotatable bonds is 0. The maximum Gasteiger partial charge on any atom is 0.250 e. The van der Waals surface area contributed by atoms with E-state index in [4.69, 9.17) is 5.73 Å². The molecule has 1 rings (SSSR count). The third-order valence-corrected chi connectivity index (χ3v) is 2.58. The highest BCUT2D eigenvalue weighted by Gasteiger charge is 2.26. The molecule has 0 spiro atoms. The molecule has 0 radical (unpaired) electrons. The molecule has 6 heteroatoms. The Balaban J connectivity index is 2.76. The van der Waals surface area contributed by atoms with Crippen LogP contribution in [0.4, 0.5) is 0 Å². The van der Waals surface area contributed by atoms with Crippen molar-refractivity contribution < 1.29 is 13.2 Å². The Labute approximate surface area is 58.6 Å². The van der Waals surface area contributed by atoms with Crippen molar-refractivity contribution in [2.45, 2.75) is 12.5 Å². The number of hydrogen-bond donors (Lipinski definition) is 2. The van der Waals surface area contributed by atoms with Crippen LogP contribution in [0.15, 0.2) is 0 Å². The van der Waals surface area contributed by atoms with Crippen molar-refractivity contribution in [3.8, 4) is 0 Å². The minimum atomic E-state index is -3.34. The summed E-state index contributed by atoms with van der Waals surface area (Å²) < 4.78 is 23.1. The van der Waals surface area contributed by atoms with E-state index in [1.54, 1.807) is 0 Å². The molecule has 1 fully saturated rings. The van der Waals surface area contributed by atoms with Gasteiger partial charge < -0.3 is 5.73 Å². The third-order valence-electron chi connectivity index (χ3n) is 1.29. The lowest BCUT2D eigenvalue weighted by Crippen LogP contribution is -2.49. The number of carbonyl (C=O) groups excluding carboxylic acids is 1. The summed E-state index contributed by atoms with van der Waals surface area (Å²) in [5, 5.41) is 0. The molecule has 1 atom stereocenters. The van der Waals surface area contributed by atoms with Gasteiger partial charge in [0.25, 0.3) is 0 Å². The van der Waals surface area contributed by atoms with Gasteiger partial charge in [0, 0.05) is 0 Å². The van der Waals surface area contributed by atoms with Crippen LogP contribution in [0.1, 0.15) is 6.42 Å². The molecule has 3 N–H and O–H groups in total. The van der Waals surface area contributed by atoms with Gasteiger partial charge in [-0.15, -0.1) is 0 Å². The van der Waals surface area contributed by atoms with Crippen LogP contribution < -0.4 is 10.5 Å². The first-order valence-corrected chi connectivity index (χ1v) is 4.46. The van der Waals surface area contributed by atoms with Crippen LogP contribution in [-0.2, 0) is 14.8 Å². The lowest BCUT2D eigenvalue weighted by Gasteiger charge is -2.17. The molecule has 10 heavy (non-hydrogen) atoms. The van der Waals surface area contributed by atoms with Gasteiger partial charge in [0.05, 0.1) is 11.8 Å². The summed E-state index contributed by atoms with van der Waals surface area (Å²) in [6.45, 7) is 0. The molecule has 1 aliphatic rings. The van der Waals surface area contributed by atoms with E-state index >= 15 is 0 Å². The summed E-state index contributed by atoms with van der Waals surface area (Å²) in [5.41, 5.74) is 5.22. The monoisotopic (exact) mass is 164 g/mol. The maximum atomic E-state index is 10.6. The second-order valence-electron chi connectivity index (χ2n) is 2.18. The van der Waals surface area contributed by atoms with E-state index in [2.05, 4.69) is 0 Å². The molecule has 1 unspecified atom stereocenters. The van der Waals surface area contributed by atoms with E-state index in [9.17, 15) is 13.2 Å². The summed E-state index contributed by atoms with van der Waals surface area (Å²) in [6, 6.07) is -0.663. The van der Waals surface area contributed by atoms with Gasteiger partial charge in [-0.3, -0.25) is 9.52 Å². The Kier molecular flexibility index (Phi) is 1.65. The maximum absolute atomic E-state index is 10.6. The van der Waals surface area contributed by atoms with Crippen molar-refractivity contribution in [3.63, 3.8) is 0 Å². The molecule has 0 aromatic rings. The van der Waals surface area contributed by atoms with Gasteiger partial charge in [-0.25, -0.2) is 8.42 Å². The van der Waals surface area contributed by atoms with Crippen LogP contribution in [-0.4, -0.2) is 26.1 Å². The fourth-order valence-electron chi connectivity index (χ4n) is 0.693. The van der Waals surface area contributed by atoms with E-state index in [1.165, 1.54) is 0 Å². The third kappa shape index (κ3) is 1.45. The van der Waals surface area contributed by atoms with Gasteiger partial charge >= 0.3 is 0 Å². The Morgan fingerprint density at radius 3 is 2.60 bits per heavy atom. The van der Waals surface area contributed by atoms with Gasteiger partial charge in [-0.1, -0.05) is 0 Å². The van der Waals surface area contributed by atoms with Gasteiger partial charge in [-0.2, -0.15) is 0 Å². The standard InChI is InChI=1S/C4H8N2O3S/c5-3-1-2-10(8,9)6-4(3)7/h3H,1-2,5H2,(H,6,7). The average molecular weight is 164 g/mol. The summed E-state index contributed by atoms with van der Waals surface area (Å²) in [6.07, 6.45) is 0.216. The SMILES string of the molecule is NC1CCS(=O)(=O)NC1=O. The second-order valence-corrected chi connectivity index (χ2v) is 4.02. The highest BCUT2D eigenvalue weighted by molar-refractivity contribution is 7.90. The van der Waals surface area contributed by atoms with E-state index in [0.717, 1.165) is 0 Å². The molecule has 0 aromatic carbocycles. The summed E-state index contributed by atoms with van der Waals surface area (Å²) >= 11 is 0. The second kappa shape index (κ2) is 2.21. The molecule has 5 nitrogen and oxygen atoms in total. The van der Waals surface area contributed by atoms with Crippen LogP contribution in [0, 0.1) is 0 Å². The minimum Gasteiger partial charge on any atom is -0.320 e. The average Bonchev–Trinajstić information content (AvgIpc) is 1.79. The number of sulfonamides is 1. The van der Waals surface area contributed by atoms with Crippen molar-refractivity contribution in [2.75, 3.05) is 5.75 Å². The van der Waals surface area contributed by atoms with Crippen molar-refractivity contribution >= 4 is 15.9 Å². The lowest BCUT2D eigenvalue weighted by atomic mass is 10.2. The zero-order valence-corrected chi connectivity index (χ0v) is 6.02. The topological polar surface area (TPSA) is 89.3 Å². The van der Waals surface area contributed by atoms with Crippen LogP contribution in [0.5, 0.6) is 0 Å². The van der Waals surface area contributed by atoms with Crippen LogP contribution in [0.2, 0.25) is 0 Å². The Morgan fingerprint density at radius 2 is 2.20 bits per heavy atom. The summed E-state index contributed by atoms with van der Waals surface area (Å²) in [4.78, 5) is 10.6. The first-order valence-electron chi connectivity index (χ1n) is 2.81. The molecule has 58 valence electrons. The normalized spacial score (nSPS) is 31.3. The first kappa shape index (κ1) is 7.49. The first-order chi connectivity index (χ1) is 4.51. The van der Waals surface area contributed by atoms with E-state index in [-0.39, 0.29) is 12.2 Å². The van der Waals surface area contributed by atoms with E-state index in [0.29, 0.717) is 0 Å². The van der Waals surface area contributed by atoms with Crippen molar-refractivity contribution in [1.82, 2.24) is 4.72 Å².